The number of benzene rings is 1. The summed E-state index contributed by atoms with van der Waals surface area (Å²) >= 11 is -1.94. The van der Waals surface area contributed by atoms with Crippen molar-refractivity contribution in [1.82, 2.24) is 0 Å². The Balaban J connectivity index is 0.00000121. The standard InChI is InChI=1S/C6H5.2CN.Al.ClH/c1-2-4-6-5-3-1;2*1-2;;/h1-5H;;;;1H. The molecule has 0 spiro atoms. The van der Waals surface area contributed by atoms with Gasteiger partial charge in [0.15, 0.2) is 0 Å². The van der Waals surface area contributed by atoms with Gasteiger partial charge in [-0.25, -0.2) is 10.5 Å². The van der Waals surface area contributed by atoms with Gasteiger partial charge in [0.1, 0.15) is 0 Å². The molecule has 1 aromatic carbocycles. The van der Waals surface area contributed by atoms with Gasteiger partial charge < -0.3 is 0 Å². The summed E-state index contributed by atoms with van der Waals surface area (Å²) in [7, 11) is 0. The first kappa shape index (κ1) is 11.0. The second-order valence-electron chi connectivity index (χ2n) is 2.10. The van der Waals surface area contributed by atoms with E-state index in [2.05, 4.69) is 0 Å². The third kappa shape index (κ3) is 2.57. The largest absolute Gasteiger partial charge is 0.600 e. The van der Waals surface area contributed by atoms with Gasteiger partial charge in [0.2, 0.25) is 0 Å². The Bertz CT molecular complexity index is 298. The molecule has 0 amide bonds. The van der Waals surface area contributed by atoms with E-state index < -0.39 is 14.1 Å². The molecule has 0 heterocycles. The van der Waals surface area contributed by atoms with Crippen LogP contribution in [0, 0.1) is 20.4 Å². The van der Waals surface area contributed by atoms with Crippen molar-refractivity contribution in [2.24, 2.45) is 0 Å². The first-order valence-electron chi connectivity index (χ1n) is 3.22. The zero-order valence-corrected chi connectivity index (χ0v) is 8.24. The fraction of sp³-hybridized carbons (Fsp3) is 0. The van der Waals surface area contributed by atoms with Crippen molar-refractivity contribution in [3.8, 4) is 9.86 Å². The van der Waals surface area contributed by atoms with Crippen LogP contribution in [-0.2, 0) is 0 Å². The van der Waals surface area contributed by atoms with E-state index in [4.69, 9.17) is 10.5 Å². The zero-order chi connectivity index (χ0) is 8.10. The number of hydrogen-bond acceptors (Lipinski definition) is 2. The molecule has 0 unspecified atom stereocenters. The van der Waals surface area contributed by atoms with Crippen LogP contribution in [0.15, 0.2) is 30.3 Å². The number of nitrogens with zero attached hydrogens (tertiary/aromatic N) is 2. The summed E-state index contributed by atoms with van der Waals surface area (Å²) in [6, 6.07) is 9.25. The maximum atomic E-state index is 8.57. The third-order valence-corrected chi connectivity index (χ3v) is 2.96. The van der Waals surface area contributed by atoms with Crippen molar-refractivity contribution in [2.45, 2.75) is 0 Å². The van der Waals surface area contributed by atoms with E-state index in [0.717, 1.165) is 4.43 Å². The quantitative estimate of drug-likeness (QED) is 0.622. The van der Waals surface area contributed by atoms with Crippen molar-refractivity contribution in [2.75, 3.05) is 0 Å². The smallest absolute Gasteiger partial charge is 0.223 e. The highest BCUT2D eigenvalue weighted by atomic mass is 35.5. The van der Waals surface area contributed by atoms with Gasteiger partial charge in [-0.3, -0.25) is 0 Å². The van der Waals surface area contributed by atoms with Crippen LogP contribution in [0.2, 0.25) is 0 Å². The van der Waals surface area contributed by atoms with Crippen molar-refractivity contribution < 1.29 is 0 Å². The second kappa shape index (κ2) is 5.64. The van der Waals surface area contributed by atoms with Crippen LogP contribution in [0.3, 0.4) is 0 Å². The molecule has 0 radical (unpaired) electrons. The van der Waals surface area contributed by atoms with Gasteiger partial charge in [0.25, 0.3) is 0 Å². The van der Waals surface area contributed by atoms with Crippen molar-refractivity contribution >= 4 is 31.0 Å². The van der Waals surface area contributed by atoms with E-state index in [-0.39, 0.29) is 12.4 Å². The van der Waals surface area contributed by atoms with Crippen LogP contribution < -0.4 is 4.43 Å². The van der Waals surface area contributed by atoms with Gasteiger partial charge in [0.05, 0.1) is 0 Å². The molecule has 0 saturated heterocycles. The van der Waals surface area contributed by atoms with Gasteiger partial charge >= 0.3 is 14.1 Å². The summed E-state index contributed by atoms with van der Waals surface area (Å²) in [5, 5.41) is 17.1. The van der Waals surface area contributed by atoms with E-state index in [0.29, 0.717) is 0 Å². The van der Waals surface area contributed by atoms with Gasteiger partial charge in [-0.05, 0) is 9.86 Å². The minimum Gasteiger partial charge on any atom is -0.223 e. The lowest BCUT2D eigenvalue weighted by atomic mass is 10.4. The van der Waals surface area contributed by atoms with Gasteiger partial charge in [-0.1, -0.05) is 34.8 Å². The number of nitriles is 2. The highest BCUT2D eigenvalue weighted by Crippen LogP contribution is 1.85. The Morgan fingerprint density at radius 3 is 1.92 bits per heavy atom. The molecule has 2 nitrogen and oxygen atoms in total. The van der Waals surface area contributed by atoms with Crippen LogP contribution >= 0.6 is 12.4 Å². The van der Waals surface area contributed by atoms with Gasteiger partial charge in [-0.2, -0.15) is 0 Å². The lowest BCUT2D eigenvalue weighted by Gasteiger charge is -1.91. The van der Waals surface area contributed by atoms with Crippen LogP contribution in [0.5, 0.6) is 0 Å². The highest BCUT2D eigenvalue weighted by Gasteiger charge is 2.20. The summed E-state index contributed by atoms with van der Waals surface area (Å²) < 4.78 is 0.900. The topological polar surface area (TPSA) is 47.6 Å². The molecular formula is C8H6AlClN2. The molecule has 0 aliphatic carbocycles. The van der Waals surface area contributed by atoms with Crippen molar-refractivity contribution in [3.63, 3.8) is 0 Å². The predicted octanol–water partition coefficient (Wildman–Crippen LogP) is 0.936. The summed E-state index contributed by atoms with van der Waals surface area (Å²) in [6.45, 7) is 0. The maximum absolute atomic E-state index is 8.57. The lowest BCUT2D eigenvalue weighted by Crippen LogP contribution is -2.26. The summed E-state index contributed by atoms with van der Waals surface area (Å²) in [5.41, 5.74) is 0. The molecule has 0 bridgehead atoms. The van der Waals surface area contributed by atoms with E-state index in [9.17, 15) is 0 Å². The minimum absolute atomic E-state index is 0. The summed E-state index contributed by atoms with van der Waals surface area (Å²) in [6.07, 6.45) is 0. The van der Waals surface area contributed by atoms with E-state index in [1.807, 2.05) is 40.2 Å². The van der Waals surface area contributed by atoms with Crippen LogP contribution in [-0.4, -0.2) is 14.1 Å². The van der Waals surface area contributed by atoms with Crippen LogP contribution in [0.25, 0.3) is 0 Å². The van der Waals surface area contributed by atoms with Crippen molar-refractivity contribution in [1.29, 1.82) is 10.5 Å². The Labute approximate surface area is 81.8 Å². The van der Waals surface area contributed by atoms with Gasteiger partial charge in [-0.15, -0.1) is 12.4 Å². The first-order chi connectivity index (χ1) is 5.38. The van der Waals surface area contributed by atoms with Crippen LogP contribution in [0.1, 0.15) is 0 Å². The molecule has 1 rings (SSSR count). The lowest BCUT2D eigenvalue weighted by molar-refractivity contribution is 1.54. The molecule has 0 fully saturated rings. The summed E-state index contributed by atoms with van der Waals surface area (Å²) in [5.74, 6) is 0. The Hall–Kier alpha value is -0.978. The number of halogens is 1. The second-order valence-corrected chi connectivity index (χ2v) is 4.15. The summed E-state index contributed by atoms with van der Waals surface area (Å²) in [4.78, 5) is 4.09. The fourth-order valence-electron chi connectivity index (χ4n) is 0.823. The Kier molecular flexibility index (Phi) is 5.18. The maximum Gasteiger partial charge on any atom is 0.600 e. The monoisotopic (exact) mass is 192 g/mol. The number of rotatable bonds is 1. The molecule has 0 atom stereocenters. The zero-order valence-electron chi connectivity index (χ0n) is 6.27. The normalized spacial score (nSPS) is 7.17. The average molecular weight is 193 g/mol. The molecule has 0 aromatic heterocycles. The molecule has 58 valence electrons. The predicted molar refractivity (Wildman–Crippen MR) is 50.3 cm³/mol. The molecule has 0 saturated carbocycles. The molecule has 12 heavy (non-hydrogen) atoms. The molecule has 0 N–H and O–H groups in total. The van der Waals surface area contributed by atoms with E-state index >= 15 is 0 Å². The first-order valence-corrected chi connectivity index (χ1v) is 4.96. The Morgan fingerprint density at radius 2 is 1.50 bits per heavy atom. The minimum atomic E-state index is -1.94. The molecular weight excluding hydrogens is 187 g/mol. The highest BCUT2D eigenvalue weighted by molar-refractivity contribution is 6.86. The van der Waals surface area contributed by atoms with E-state index in [1.54, 1.807) is 0 Å². The average Bonchev–Trinajstić information content (AvgIpc) is 2.09. The molecule has 1 aromatic rings. The van der Waals surface area contributed by atoms with E-state index in [1.165, 1.54) is 0 Å². The molecule has 0 aliphatic rings. The SMILES string of the molecule is Cl.N#[C][Al]([C]#N)[c]1ccccc1. The van der Waals surface area contributed by atoms with Gasteiger partial charge in [0, 0.05) is 0 Å². The number of hydrogen-bond donors (Lipinski definition) is 0. The molecule has 0 aliphatic heterocycles. The third-order valence-electron chi connectivity index (χ3n) is 1.39. The van der Waals surface area contributed by atoms with Crippen molar-refractivity contribution in [3.05, 3.63) is 30.3 Å². The molecule has 4 heteroatoms. The van der Waals surface area contributed by atoms with Crippen LogP contribution in [0.4, 0.5) is 0 Å². The Morgan fingerprint density at radius 1 is 1.00 bits per heavy atom. The fourth-order valence-corrected chi connectivity index (χ4v) is 1.79.